The van der Waals surface area contributed by atoms with E-state index in [4.69, 9.17) is 22.1 Å². The van der Waals surface area contributed by atoms with Crippen molar-refractivity contribution in [2.45, 2.75) is 32.4 Å². The van der Waals surface area contributed by atoms with E-state index >= 15 is 0 Å². The maximum Gasteiger partial charge on any atom is 0.316 e. The van der Waals surface area contributed by atoms with Crippen LogP contribution < -0.4 is 11.3 Å². The number of hydrogen-bond acceptors (Lipinski definition) is 7. The van der Waals surface area contributed by atoms with E-state index in [1.165, 1.54) is 16.7 Å². The van der Waals surface area contributed by atoms with Gasteiger partial charge in [-0.1, -0.05) is 23.4 Å². The van der Waals surface area contributed by atoms with Gasteiger partial charge in [-0.25, -0.2) is 9.97 Å². The molecule has 156 valence electrons. The molecule has 0 atom stereocenters. The monoisotopic (exact) mass is 446 g/mol. The molecule has 0 saturated heterocycles. The Morgan fingerprint density at radius 1 is 1.20 bits per heavy atom. The fraction of sp³-hybridized carbons (Fsp3) is 0.250. The Balaban J connectivity index is 1.69. The van der Waals surface area contributed by atoms with Crippen LogP contribution in [-0.2, 0) is 16.1 Å². The van der Waals surface area contributed by atoms with Gasteiger partial charge >= 0.3 is 5.97 Å². The van der Waals surface area contributed by atoms with E-state index in [0.29, 0.717) is 27.0 Å². The predicted octanol–water partition coefficient (Wildman–Crippen LogP) is 2.60. The third-order valence-corrected chi connectivity index (χ3v) is 5.77. The zero-order chi connectivity index (χ0) is 22.0. The van der Waals surface area contributed by atoms with Crippen LogP contribution >= 0.6 is 23.4 Å². The van der Waals surface area contributed by atoms with Crippen LogP contribution in [0.25, 0.3) is 5.65 Å². The number of carbonyl (C=O) groups excluding carboxylic acids is 2. The van der Waals surface area contributed by atoms with Gasteiger partial charge in [0.2, 0.25) is 0 Å². The SMILES string of the molecule is Cc1nc(SCC(=O)OCc2cc(=O)n3cc(Cl)ccc3n2)c(C(N)=O)c(C)c1C. The maximum atomic E-state index is 12.2. The molecule has 8 nitrogen and oxygen atoms in total. The van der Waals surface area contributed by atoms with Crippen molar-refractivity contribution < 1.29 is 14.3 Å². The van der Waals surface area contributed by atoms with Crippen molar-refractivity contribution in [3.63, 3.8) is 0 Å². The number of primary amides is 1. The van der Waals surface area contributed by atoms with Crippen LogP contribution in [-0.4, -0.2) is 32.0 Å². The lowest BCUT2D eigenvalue weighted by molar-refractivity contribution is -0.141. The Morgan fingerprint density at radius 3 is 2.63 bits per heavy atom. The number of esters is 1. The summed E-state index contributed by atoms with van der Waals surface area (Å²) in [5, 5.41) is 0.798. The molecule has 0 radical (unpaired) electrons. The van der Waals surface area contributed by atoms with Gasteiger partial charge in [0, 0.05) is 18.0 Å². The normalized spacial score (nSPS) is 10.9. The van der Waals surface area contributed by atoms with Crippen molar-refractivity contribution in [1.82, 2.24) is 14.4 Å². The first kappa shape index (κ1) is 21.8. The van der Waals surface area contributed by atoms with Crippen molar-refractivity contribution in [2.24, 2.45) is 5.73 Å². The van der Waals surface area contributed by atoms with Gasteiger partial charge < -0.3 is 10.5 Å². The quantitative estimate of drug-likeness (QED) is 0.456. The number of ether oxygens (including phenoxy) is 1. The number of nitrogens with zero attached hydrogens (tertiary/aromatic N) is 3. The standard InChI is InChI=1S/C20H19ClN4O4S/c1-10-11(2)18(19(22)28)20(23-12(10)3)30-9-17(27)29-8-14-6-16(26)25-7-13(21)4-5-15(25)24-14/h4-7H,8-9H2,1-3H3,(H2,22,28). The van der Waals surface area contributed by atoms with E-state index in [9.17, 15) is 14.4 Å². The number of thioether (sulfide) groups is 1. The summed E-state index contributed by atoms with van der Waals surface area (Å²) in [5.74, 6) is -1.21. The molecule has 0 bridgehead atoms. The summed E-state index contributed by atoms with van der Waals surface area (Å²) in [6.45, 7) is 5.33. The van der Waals surface area contributed by atoms with Gasteiger partial charge in [0.15, 0.2) is 0 Å². The van der Waals surface area contributed by atoms with Crippen LogP contribution in [0.3, 0.4) is 0 Å². The van der Waals surface area contributed by atoms with Gasteiger partial charge in [0.05, 0.1) is 22.0 Å². The molecule has 3 aromatic rings. The Morgan fingerprint density at radius 2 is 1.93 bits per heavy atom. The largest absolute Gasteiger partial charge is 0.459 e. The fourth-order valence-corrected chi connectivity index (χ4v) is 3.93. The van der Waals surface area contributed by atoms with Crippen molar-refractivity contribution >= 4 is 40.9 Å². The van der Waals surface area contributed by atoms with Gasteiger partial charge in [-0.15, -0.1) is 0 Å². The molecule has 3 heterocycles. The number of fused-ring (bicyclic) bond motifs is 1. The Bertz CT molecular complexity index is 1230. The summed E-state index contributed by atoms with van der Waals surface area (Å²) in [4.78, 5) is 44.8. The lowest BCUT2D eigenvalue weighted by Gasteiger charge is -2.13. The van der Waals surface area contributed by atoms with Crippen LogP contribution in [0.2, 0.25) is 5.02 Å². The van der Waals surface area contributed by atoms with Crippen LogP contribution in [0.1, 0.15) is 32.9 Å². The fourth-order valence-electron chi connectivity index (χ4n) is 2.83. The molecule has 2 N–H and O–H groups in total. The molecule has 0 aliphatic rings. The second-order valence-corrected chi connectivity index (χ2v) is 8.00. The molecule has 3 rings (SSSR count). The number of aromatic nitrogens is 3. The summed E-state index contributed by atoms with van der Waals surface area (Å²) in [5.41, 5.74) is 8.56. The average Bonchev–Trinajstić information content (AvgIpc) is 2.69. The highest BCUT2D eigenvalue weighted by molar-refractivity contribution is 8.00. The third-order valence-electron chi connectivity index (χ3n) is 4.59. The van der Waals surface area contributed by atoms with E-state index in [1.54, 1.807) is 19.1 Å². The Labute approximate surface area is 181 Å². The summed E-state index contributed by atoms with van der Waals surface area (Å²) < 4.78 is 6.53. The van der Waals surface area contributed by atoms with E-state index in [-0.39, 0.29) is 17.9 Å². The van der Waals surface area contributed by atoms with Gasteiger partial charge in [-0.2, -0.15) is 0 Å². The molecule has 0 aliphatic heterocycles. The van der Waals surface area contributed by atoms with Crippen LogP contribution in [0.5, 0.6) is 0 Å². The number of pyridine rings is 2. The number of aryl methyl sites for hydroxylation is 1. The molecule has 0 unspecified atom stereocenters. The number of rotatable bonds is 6. The second kappa shape index (κ2) is 8.85. The smallest absolute Gasteiger partial charge is 0.316 e. The van der Waals surface area contributed by atoms with E-state index < -0.39 is 11.9 Å². The molecule has 0 fully saturated rings. The number of carbonyl (C=O) groups is 2. The Kier molecular flexibility index (Phi) is 6.42. The molecule has 1 amide bonds. The minimum absolute atomic E-state index is 0.0720. The van der Waals surface area contributed by atoms with Crippen molar-refractivity contribution in [3.8, 4) is 0 Å². The molecule has 0 aromatic carbocycles. The summed E-state index contributed by atoms with van der Waals surface area (Å²) >= 11 is 6.96. The van der Waals surface area contributed by atoms with Gasteiger partial charge in [-0.3, -0.25) is 18.8 Å². The number of hydrogen-bond donors (Lipinski definition) is 1. The number of amides is 1. The van der Waals surface area contributed by atoms with Gasteiger partial charge in [0.1, 0.15) is 17.3 Å². The molecular weight excluding hydrogens is 428 g/mol. The molecular formula is C20H19ClN4O4S. The van der Waals surface area contributed by atoms with Crippen molar-refractivity contribution in [2.75, 3.05) is 5.75 Å². The predicted molar refractivity (Wildman–Crippen MR) is 114 cm³/mol. The zero-order valence-electron chi connectivity index (χ0n) is 16.6. The highest BCUT2D eigenvalue weighted by atomic mass is 35.5. The lowest BCUT2D eigenvalue weighted by atomic mass is 10.0. The Hall–Kier alpha value is -2.91. The first-order valence-corrected chi connectivity index (χ1v) is 10.3. The average molecular weight is 447 g/mol. The molecule has 0 aliphatic carbocycles. The van der Waals surface area contributed by atoms with E-state index in [1.807, 2.05) is 13.8 Å². The van der Waals surface area contributed by atoms with Crippen LogP contribution in [0.4, 0.5) is 0 Å². The molecule has 10 heteroatoms. The van der Waals surface area contributed by atoms with Gasteiger partial charge in [-0.05, 0) is 44.0 Å². The number of halogens is 1. The first-order valence-electron chi connectivity index (χ1n) is 8.91. The highest BCUT2D eigenvalue weighted by Gasteiger charge is 2.18. The summed E-state index contributed by atoms with van der Waals surface area (Å²) in [6, 6.07) is 4.50. The molecule has 0 spiro atoms. The van der Waals surface area contributed by atoms with E-state index in [2.05, 4.69) is 9.97 Å². The molecule has 0 saturated carbocycles. The molecule has 3 aromatic heterocycles. The second-order valence-electron chi connectivity index (χ2n) is 6.60. The minimum atomic E-state index is -0.597. The van der Waals surface area contributed by atoms with Crippen LogP contribution in [0.15, 0.2) is 34.2 Å². The number of nitrogens with two attached hydrogens (primary N) is 1. The first-order chi connectivity index (χ1) is 14.2. The van der Waals surface area contributed by atoms with Crippen molar-refractivity contribution in [1.29, 1.82) is 0 Å². The summed E-state index contributed by atoms with van der Waals surface area (Å²) in [6.07, 6.45) is 1.47. The molecule has 30 heavy (non-hydrogen) atoms. The lowest BCUT2D eigenvalue weighted by Crippen LogP contribution is -2.18. The summed E-state index contributed by atoms with van der Waals surface area (Å²) in [7, 11) is 0. The minimum Gasteiger partial charge on any atom is -0.459 e. The van der Waals surface area contributed by atoms with Crippen molar-refractivity contribution in [3.05, 3.63) is 67.9 Å². The zero-order valence-corrected chi connectivity index (χ0v) is 18.1. The van der Waals surface area contributed by atoms with Gasteiger partial charge in [0.25, 0.3) is 11.5 Å². The van der Waals surface area contributed by atoms with E-state index in [0.717, 1.165) is 28.6 Å². The van der Waals surface area contributed by atoms with Crippen LogP contribution in [0, 0.1) is 20.8 Å². The third kappa shape index (κ3) is 4.63. The highest BCUT2D eigenvalue weighted by Crippen LogP contribution is 2.26. The maximum absolute atomic E-state index is 12.2. The topological polar surface area (TPSA) is 117 Å².